The van der Waals surface area contributed by atoms with Gasteiger partial charge in [0, 0.05) is 11.3 Å². The molecule has 1 heterocycles. The molecule has 7 heteroatoms. The molecule has 0 bridgehead atoms. The molecular formula is C12H13N3O3S. The molecule has 2 rings (SSSR count). The van der Waals surface area contributed by atoms with Crippen molar-refractivity contribution >= 4 is 21.5 Å². The first-order valence-electron chi connectivity index (χ1n) is 5.54. The molecule has 0 aliphatic carbocycles. The van der Waals surface area contributed by atoms with E-state index in [2.05, 4.69) is 14.7 Å². The molecule has 19 heavy (non-hydrogen) atoms. The molecule has 0 fully saturated rings. The summed E-state index contributed by atoms with van der Waals surface area (Å²) in [6.07, 6.45) is 1.24. The molecule has 0 saturated heterocycles. The Morgan fingerprint density at radius 3 is 2.68 bits per heavy atom. The van der Waals surface area contributed by atoms with E-state index in [1.165, 1.54) is 19.2 Å². The van der Waals surface area contributed by atoms with Crippen molar-refractivity contribution in [2.45, 2.75) is 18.9 Å². The van der Waals surface area contributed by atoms with Crippen molar-refractivity contribution in [3.05, 3.63) is 41.9 Å². The molecule has 1 aromatic carbocycles. The van der Waals surface area contributed by atoms with Crippen LogP contribution >= 0.6 is 0 Å². The lowest BCUT2D eigenvalue weighted by Crippen LogP contribution is -2.13. The number of nitrogens with one attached hydrogen (secondary N) is 2. The minimum Gasteiger partial charge on any atom is -0.332 e. The molecule has 0 spiro atoms. The van der Waals surface area contributed by atoms with Crippen LogP contribution in [-0.2, 0) is 10.0 Å². The van der Waals surface area contributed by atoms with E-state index in [-0.39, 0.29) is 10.8 Å². The molecule has 0 unspecified atom stereocenters. The highest BCUT2D eigenvalue weighted by Gasteiger charge is 2.16. The normalized spacial score (nSPS) is 11.3. The summed E-state index contributed by atoms with van der Waals surface area (Å²) in [4.78, 5) is 17.7. The molecule has 1 aromatic heterocycles. The smallest absolute Gasteiger partial charge is 0.278 e. The number of nitrogens with zero attached hydrogens (tertiary/aromatic N) is 1. The number of carbonyl (C=O) groups excluding carboxylic acids is 1. The van der Waals surface area contributed by atoms with Gasteiger partial charge in [-0.05, 0) is 26.0 Å². The second-order valence-electron chi connectivity index (χ2n) is 4.08. The summed E-state index contributed by atoms with van der Waals surface area (Å²) in [5, 5.41) is -0.0155. The first kappa shape index (κ1) is 13.3. The summed E-state index contributed by atoms with van der Waals surface area (Å²) < 4.78 is 26.4. The van der Waals surface area contributed by atoms with Crippen molar-refractivity contribution in [3.63, 3.8) is 0 Å². The number of ketones is 1. The van der Waals surface area contributed by atoms with Gasteiger partial charge in [0.2, 0.25) is 0 Å². The minimum absolute atomic E-state index is 0.0155. The van der Waals surface area contributed by atoms with Crippen LogP contribution in [0.1, 0.15) is 23.1 Å². The van der Waals surface area contributed by atoms with Crippen molar-refractivity contribution in [1.29, 1.82) is 0 Å². The van der Waals surface area contributed by atoms with Crippen LogP contribution in [0.25, 0.3) is 0 Å². The zero-order valence-electron chi connectivity index (χ0n) is 10.5. The number of aromatic amines is 1. The van der Waals surface area contributed by atoms with E-state index in [0.717, 1.165) is 0 Å². The van der Waals surface area contributed by atoms with E-state index < -0.39 is 10.0 Å². The van der Waals surface area contributed by atoms with Crippen LogP contribution in [0.15, 0.2) is 35.5 Å². The average Bonchev–Trinajstić information content (AvgIpc) is 2.76. The van der Waals surface area contributed by atoms with Crippen molar-refractivity contribution in [2.24, 2.45) is 0 Å². The van der Waals surface area contributed by atoms with Gasteiger partial charge in [-0.3, -0.25) is 9.52 Å². The van der Waals surface area contributed by atoms with Gasteiger partial charge in [0.1, 0.15) is 5.82 Å². The van der Waals surface area contributed by atoms with Gasteiger partial charge in [-0.15, -0.1) is 0 Å². The van der Waals surface area contributed by atoms with Gasteiger partial charge in [0.25, 0.3) is 10.0 Å². The standard InChI is InChI=1S/C12H13N3O3S/c1-8(16)10-4-3-5-11(6-10)15-19(17,18)12-7-13-9(2)14-12/h3-7,15H,1-2H3,(H,13,14). The fourth-order valence-electron chi connectivity index (χ4n) is 1.55. The quantitative estimate of drug-likeness (QED) is 0.833. The number of sulfonamides is 1. The number of hydrogen-bond acceptors (Lipinski definition) is 4. The highest BCUT2D eigenvalue weighted by atomic mass is 32.2. The minimum atomic E-state index is -3.71. The number of aryl methyl sites for hydroxylation is 1. The molecule has 6 nitrogen and oxygen atoms in total. The number of hydrogen-bond donors (Lipinski definition) is 2. The van der Waals surface area contributed by atoms with Crippen molar-refractivity contribution < 1.29 is 13.2 Å². The summed E-state index contributed by atoms with van der Waals surface area (Å²) in [6, 6.07) is 6.31. The summed E-state index contributed by atoms with van der Waals surface area (Å²) >= 11 is 0. The molecule has 0 aliphatic heterocycles. The summed E-state index contributed by atoms with van der Waals surface area (Å²) in [6.45, 7) is 3.08. The van der Waals surface area contributed by atoms with Gasteiger partial charge in [-0.2, -0.15) is 8.42 Å². The Labute approximate surface area is 110 Å². The molecule has 0 radical (unpaired) electrons. The molecule has 2 N–H and O–H groups in total. The molecule has 2 aromatic rings. The Hall–Kier alpha value is -2.15. The lowest BCUT2D eigenvalue weighted by Gasteiger charge is -2.07. The maximum absolute atomic E-state index is 12.0. The third kappa shape index (κ3) is 3.00. The van der Waals surface area contributed by atoms with Crippen molar-refractivity contribution in [3.8, 4) is 0 Å². The topological polar surface area (TPSA) is 91.9 Å². The lowest BCUT2D eigenvalue weighted by molar-refractivity contribution is 0.101. The molecular weight excluding hydrogens is 266 g/mol. The maximum atomic E-state index is 12.0. The van der Waals surface area contributed by atoms with Gasteiger partial charge < -0.3 is 4.98 Å². The van der Waals surface area contributed by atoms with Crippen molar-refractivity contribution in [2.75, 3.05) is 4.72 Å². The number of imidazole rings is 1. The van der Waals surface area contributed by atoms with E-state index in [9.17, 15) is 13.2 Å². The van der Waals surface area contributed by atoms with Gasteiger partial charge in [-0.1, -0.05) is 12.1 Å². The Balaban J connectivity index is 2.30. The first-order chi connectivity index (χ1) is 8.88. The Morgan fingerprint density at radius 2 is 2.11 bits per heavy atom. The number of aromatic nitrogens is 2. The third-order valence-corrected chi connectivity index (χ3v) is 3.78. The predicted molar refractivity (Wildman–Crippen MR) is 70.6 cm³/mol. The number of carbonyl (C=O) groups is 1. The van der Waals surface area contributed by atoms with E-state index in [1.807, 2.05) is 0 Å². The van der Waals surface area contributed by atoms with Crippen molar-refractivity contribution in [1.82, 2.24) is 9.97 Å². The summed E-state index contributed by atoms with van der Waals surface area (Å²) in [5.41, 5.74) is 0.779. The second kappa shape index (κ2) is 4.85. The third-order valence-electron chi connectivity index (χ3n) is 2.49. The Morgan fingerprint density at radius 1 is 1.37 bits per heavy atom. The van der Waals surface area contributed by atoms with E-state index in [1.54, 1.807) is 25.1 Å². The average molecular weight is 279 g/mol. The van der Waals surface area contributed by atoms with E-state index >= 15 is 0 Å². The SMILES string of the molecule is CC(=O)c1cccc(NS(=O)(=O)c2cnc(C)[nH]2)c1. The maximum Gasteiger partial charge on any atom is 0.278 e. The van der Waals surface area contributed by atoms with Crippen LogP contribution in [-0.4, -0.2) is 24.2 Å². The number of Topliss-reactive ketones (excluding diaryl/α,β-unsaturated/α-hetero) is 1. The van der Waals surface area contributed by atoms with Crippen LogP contribution in [0, 0.1) is 6.92 Å². The van der Waals surface area contributed by atoms with Crippen LogP contribution in [0.4, 0.5) is 5.69 Å². The van der Waals surface area contributed by atoms with Gasteiger partial charge >= 0.3 is 0 Å². The first-order valence-corrected chi connectivity index (χ1v) is 7.02. The highest BCUT2D eigenvalue weighted by Crippen LogP contribution is 2.16. The fourth-order valence-corrected chi connectivity index (χ4v) is 2.57. The fraction of sp³-hybridized carbons (Fsp3) is 0.167. The van der Waals surface area contributed by atoms with Crippen LogP contribution in [0.3, 0.4) is 0 Å². The number of rotatable bonds is 4. The zero-order valence-corrected chi connectivity index (χ0v) is 11.3. The molecule has 0 amide bonds. The number of H-pyrrole nitrogens is 1. The Kier molecular flexibility index (Phi) is 3.39. The number of anilines is 1. The largest absolute Gasteiger partial charge is 0.332 e. The van der Waals surface area contributed by atoms with Gasteiger partial charge in [0.15, 0.2) is 10.8 Å². The van der Waals surface area contributed by atoms with Gasteiger partial charge in [0.05, 0.1) is 6.20 Å². The number of benzene rings is 1. The van der Waals surface area contributed by atoms with Crippen LogP contribution in [0.2, 0.25) is 0 Å². The summed E-state index contributed by atoms with van der Waals surface area (Å²) in [7, 11) is -3.71. The molecule has 100 valence electrons. The molecule has 0 saturated carbocycles. The predicted octanol–water partition coefficient (Wildman–Crippen LogP) is 1.72. The molecule has 0 atom stereocenters. The van der Waals surface area contributed by atoms with E-state index in [4.69, 9.17) is 0 Å². The Bertz CT molecular complexity index is 719. The van der Waals surface area contributed by atoms with E-state index in [0.29, 0.717) is 17.1 Å². The monoisotopic (exact) mass is 279 g/mol. The lowest BCUT2D eigenvalue weighted by atomic mass is 10.1. The zero-order chi connectivity index (χ0) is 14.0. The molecule has 0 aliphatic rings. The summed E-state index contributed by atoms with van der Waals surface area (Å²) in [5.74, 6) is 0.385. The highest BCUT2D eigenvalue weighted by molar-refractivity contribution is 7.92. The van der Waals surface area contributed by atoms with Gasteiger partial charge in [-0.25, -0.2) is 4.98 Å². The van der Waals surface area contributed by atoms with Crippen LogP contribution in [0.5, 0.6) is 0 Å². The second-order valence-corrected chi connectivity index (χ2v) is 5.73. The van der Waals surface area contributed by atoms with Crippen LogP contribution < -0.4 is 4.72 Å².